The molecule has 2 aliphatic rings. The van der Waals surface area contributed by atoms with Gasteiger partial charge in [0.25, 0.3) is 0 Å². The summed E-state index contributed by atoms with van der Waals surface area (Å²) in [7, 11) is 2.25. The number of halogens is 3. The molecule has 0 atom stereocenters. The number of benzene rings is 9. The second kappa shape index (κ2) is 61.6. The molecule has 2 fully saturated rings. The normalized spacial score (nSPS) is 13.3. The van der Waals surface area contributed by atoms with Crippen molar-refractivity contribution in [2.45, 2.75) is 260 Å². The number of esters is 1. The van der Waals surface area contributed by atoms with Crippen molar-refractivity contribution in [3.05, 3.63) is 297 Å². The number of likely N-dealkylation sites (tertiary alicyclic amines) is 2. The third kappa shape index (κ3) is 40.5. The first kappa shape index (κ1) is 129. The number of rotatable bonds is 34. The summed E-state index contributed by atoms with van der Waals surface area (Å²) in [6, 6.07) is 56.1. The van der Waals surface area contributed by atoms with Gasteiger partial charge in [0.05, 0.1) is 88.9 Å². The van der Waals surface area contributed by atoms with Gasteiger partial charge in [-0.3, -0.25) is 9.59 Å². The van der Waals surface area contributed by atoms with E-state index < -0.39 is 45.2 Å². The fourth-order valence-corrected chi connectivity index (χ4v) is 19.8. The SMILES string of the molecule is CCOC(=O)/C=C/c1cccc(OC)c1CO[Si](C)(C)C(C)(C)C.CCc1cccc(C2CCN(C(=O)/C=C/c3cccc(OC)c3CO[Si](C)(C)C(C)(C)C)CC2)c1.COc1cccc(/C=C/C(=O)O)c1CO[Si](C)(C)C(C)(C)C.COc1cccc(Br)c1C(=O)O.COc1cccc(Br)c1CO.COc1cccc(Br)c1CO[Si](C)(C)C(C)(C)C.NCc1cccc(C2CCN(C(=O)/C=C/c3cccc(O)c3CO)CC2)c1. The minimum atomic E-state index is -1.91. The highest BCUT2D eigenvalue weighted by molar-refractivity contribution is 9.11. The van der Waals surface area contributed by atoms with Crippen molar-refractivity contribution < 1.29 is 100 Å². The van der Waals surface area contributed by atoms with Crippen LogP contribution in [0.1, 0.15) is 223 Å². The predicted octanol–water partition coefficient (Wildman–Crippen LogP) is 28.2. The highest BCUT2D eigenvalue weighted by Crippen LogP contribution is 2.44. The summed E-state index contributed by atoms with van der Waals surface area (Å²) in [5.41, 5.74) is 19.6. The molecule has 2 amide bonds. The number of aryl methyl sites for hydroxylation is 1. The maximum atomic E-state index is 13.0. The number of carboxylic acid groups (broad SMARTS) is 2. The smallest absolute Gasteiger partial charge is 0.340 e. The number of amides is 2. The Hall–Kier alpha value is -10.1. The number of methoxy groups -OCH3 is 6. The molecule has 149 heavy (non-hydrogen) atoms. The van der Waals surface area contributed by atoms with Crippen LogP contribution >= 0.6 is 47.8 Å². The minimum absolute atomic E-state index is 0.00933. The van der Waals surface area contributed by atoms with Gasteiger partial charge in [-0.25, -0.2) is 14.4 Å². The molecule has 0 radical (unpaired) electrons. The number of carbonyl (C=O) groups is 5. The number of nitrogens with zero attached hydrogens (tertiary/aromatic N) is 2. The third-order valence-corrected chi connectivity index (χ3v) is 48.3. The van der Waals surface area contributed by atoms with Gasteiger partial charge >= 0.3 is 17.9 Å². The van der Waals surface area contributed by atoms with E-state index in [2.05, 4.69) is 227 Å². The molecule has 0 unspecified atom stereocenters. The molecule has 2 saturated heterocycles. The lowest BCUT2D eigenvalue weighted by Gasteiger charge is -2.36. The van der Waals surface area contributed by atoms with Gasteiger partial charge in [-0.1, -0.05) is 237 Å². The first-order valence-corrected chi connectivity index (χ1v) is 64.4. The Bertz CT molecular complexity index is 5900. The van der Waals surface area contributed by atoms with Crippen LogP contribution in [0.25, 0.3) is 24.3 Å². The van der Waals surface area contributed by atoms with Crippen LogP contribution in [0.4, 0.5) is 0 Å². The topological polar surface area (TPSA) is 321 Å². The highest BCUT2D eigenvalue weighted by Gasteiger charge is 2.41. The number of carbonyl (C=O) groups excluding carboxylic acids is 3. The summed E-state index contributed by atoms with van der Waals surface area (Å²) in [4.78, 5) is 62.3. The average molecular weight is 2310 g/mol. The van der Waals surface area contributed by atoms with Crippen LogP contribution in [0.15, 0.2) is 214 Å². The number of hydrogen-bond acceptors (Lipinski definition) is 20. The Balaban J connectivity index is 0.000000314. The third-order valence-electron chi connectivity index (χ3n) is 28.2. The summed E-state index contributed by atoms with van der Waals surface area (Å²) >= 11 is 10.00. The lowest BCUT2D eigenvalue weighted by molar-refractivity contribution is -0.137. The van der Waals surface area contributed by atoms with E-state index in [1.807, 2.05) is 119 Å². The number of aromatic carboxylic acids is 1. The summed E-state index contributed by atoms with van der Waals surface area (Å²) in [5.74, 6) is 2.95. The zero-order valence-corrected chi connectivity index (χ0v) is 102. The van der Waals surface area contributed by atoms with Crippen molar-refractivity contribution in [3.63, 3.8) is 0 Å². The number of nitrogens with two attached hydrogens (primary N) is 1. The molecule has 0 spiro atoms. The molecule has 0 aromatic heterocycles. The van der Waals surface area contributed by atoms with E-state index in [1.54, 1.807) is 97.1 Å². The van der Waals surface area contributed by atoms with Gasteiger partial charge in [0, 0.05) is 104 Å². The van der Waals surface area contributed by atoms with Crippen LogP contribution in [0.2, 0.25) is 72.5 Å². The number of aromatic hydroxyl groups is 1. The summed E-state index contributed by atoms with van der Waals surface area (Å²) in [6.45, 7) is 54.1. The van der Waals surface area contributed by atoms with E-state index in [0.717, 1.165) is 128 Å². The van der Waals surface area contributed by atoms with Crippen molar-refractivity contribution in [1.29, 1.82) is 0 Å². The first-order chi connectivity index (χ1) is 70.0. The number of hydrogen-bond donors (Lipinski definition) is 6. The first-order valence-electron chi connectivity index (χ1n) is 50.3. The van der Waals surface area contributed by atoms with E-state index in [9.17, 15) is 34.2 Å². The second-order valence-electron chi connectivity index (χ2n) is 42.1. The molecule has 11 rings (SSSR count). The van der Waals surface area contributed by atoms with Gasteiger partial charge in [-0.05, 0) is 269 Å². The zero-order valence-electron chi connectivity index (χ0n) is 92.9. The second-order valence-corrected chi connectivity index (χ2v) is 63.9. The number of aliphatic carboxylic acids is 1. The molecule has 0 aliphatic carbocycles. The number of ether oxygens (including phenoxy) is 7. The minimum Gasteiger partial charge on any atom is -0.508 e. The summed E-state index contributed by atoms with van der Waals surface area (Å²) < 4.78 is 64.5. The van der Waals surface area contributed by atoms with Crippen LogP contribution in [-0.4, -0.2) is 174 Å². The molecular weight excluding hydrogens is 2150 g/mol. The quantitative estimate of drug-likeness (QED) is 0.0124. The van der Waals surface area contributed by atoms with Gasteiger partial charge < -0.3 is 91.9 Å². The summed E-state index contributed by atoms with van der Waals surface area (Å²) in [6.07, 6.45) is 17.7. The van der Waals surface area contributed by atoms with Crippen LogP contribution in [0, 0.1) is 0 Å². The van der Waals surface area contributed by atoms with Crippen molar-refractivity contribution in [2.75, 3.05) is 75.4 Å². The molecule has 2 heterocycles. The van der Waals surface area contributed by atoms with Crippen molar-refractivity contribution in [2.24, 2.45) is 5.73 Å². The average Bonchev–Trinajstić information content (AvgIpc) is 0.820. The Kier molecular flexibility index (Phi) is 53.5. The van der Waals surface area contributed by atoms with Crippen molar-refractivity contribution >= 4 is 135 Å². The number of aliphatic hydroxyl groups excluding tert-OH is 2. The van der Waals surface area contributed by atoms with Gasteiger partial charge in [-0.2, -0.15) is 0 Å². The van der Waals surface area contributed by atoms with E-state index in [0.29, 0.717) is 97.4 Å². The lowest BCUT2D eigenvalue weighted by atomic mass is 9.88. The molecule has 24 nitrogen and oxygen atoms in total. The maximum Gasteiger partial charge on any atom is 0.340 e. The molecule has 9 aromatic rings. The van der Waals surface area contributed by atoms with Crippen molar-refractivity contribution in [3.8, 4) is 40.2 Å². The van der Waals surface area contributed by atoms with Crippen LogP contribution in [0.5, 0.6) is 40.2 Å². The van der Waals surface area contributed by atoms with Crippen molar-refractivity contribution in [1.82, 2.24) is 9.80 Å². The molecule has 0 saturated carbocycles. The van der Waals surface area contributed by atoms with Gasteiger partial charge in [0.2, 0.25) is 11.8 Å². The molecule has 31 heteroatoms. The van der Waals surface area contributed by atoms with E-state index in [-0.39, 0.29) is 62.5 Å². The molecule has 9 aromatic carbocycles. The fourth-order valence-electron chi connectivity index (χ4n) is 14.6. The van der Waals surface area contributed by atoms with Gasteiger partial charge in [-0.15, -0.1) is 0 Å². The lowest BCUT2D eigenvalue weighted by Crippen LogP contribution is -2.40. The standard InChI is InChI=1S/C30H43NO3Si.C22H26N2O3.C19H30O4Si.C17H26O4Si.C14H23BrO2Si.C8H7BrO3.C8H9BrO2/c1-8-23-11-9-13-26(21-23)24-17-19-31(20-18-24)29(32)16-15-25-12-10-14-28(33-5)27(25)22-34-35(6,7)30(2,3)4;23-14-16-3-1-5-19(13-16)17-9-11-24(12-10-17)22(27)8-7-18-4-2-6-21(26)20(18)15-25;1-8-22-18(20)13-12-15-10-9-11-17(21-5)16(15)14-23-24(6,7)19(2,3)4;1-17(2,3)22(5,6)21-12-14-13(10-11-16(18)19)8-7-9-15(14)20-4;1-14(2,3)18(5,6)17-10-11-12(15)8-7-9-13(11)16-4;1-12-6-4-2-3-5(9)7(6)8(10)11;1-11-8-4-2-3-7(9)6(8)5-10/h9-16,21,24H,8,17-20,22H2,1-7H3;1-8,13,17,25-26H,9-12,14-15,23H2;9-13H,8,14H2,1-7H3;7-11H,12H2,1-6H3,(H,18,19);7-9H,10H2,1-6H3;2-4H,1H3,(H,10,11);2-4,10H,5H2,1H3/b16-15+;8-7+;13-12+;11-10+;;;. The van der Waals surface area contributed by atoms with Crippen LogP contribution in [-0.2, 0) is 94.2 Å². The number of carboxylic acids is 2. The molecule has 7 N–H and O–H groups in total. The number of aliphatic hydroxyl groups is 2. The predicted molar refractivity (Wildman–Crippen MR) is 624 cm³/mol. The molecule has 0 bridgehead atoms. The largest absolute Gasteiger partial charge is 0.508 e. The van der Waals surface area contributed by atoms with E-state index in [1.165, 1.54) is 42.0 Å². The maximum absolute atomic E-state index is 13.0. The zero-order chi connectivity index (χ0) is 112. The number of phenols is 1. The van der Waals surface area contributed by atoms with E-state index >= 15 is 0 Å². The van der Waals surface area contributed by atoms with Gasteiger partial charge in [0.1, 0.15) is 45.8 Å². The monoisotopic (exact) mass is 2310 g/mol. The Morgan fingerprint density at radius 2 is 0.678 bits per heavy atom. The molecule has 2 aliphatic heterocycles. The van der Waals surface area contributed by atoms with Crippen LogP contribution in [0.3, 0.4) is 0 Å². The molecule has 814 valence electrons. The highest BCUT2D eigenvalue weighted by atomic mass is 79.9. The Morgan fingerprint density at radius 3 is 1.00 bits per heavy atom. The van der Waals surface area contributed by atoms with Crippen LogP contribution < -0.4 is 34.2 Å². The Labute approximate surface area is 916 Å². The fraction of sp³-hybridized carbons (Fsp3) is 0.432. The van der Waals surface area contributed by atoms with E-state index in [4.69, 9.17) is 71.9 Å². The Morgan fingerprint density at radius 1 is 0.383 bits per heavy atom. The number of piperidine rings is 2. The molecular formula is C118H164Br3N3O21Si4. The summed E-state index contributed by atoms with van der Waals surface area (Å²) in [5, 5.41) is 46.3. The van der Waals surface area contributed by atoms with Gasteiger partial charge in [0.15, 0.2) is 33.3 Å².